The fourth-order valence-corrected chi connectivity index (χ4v) is 14.7. The zero-order chi connectivity index (χ0) is 104. The number of phenols is 2. The molecule has 0 amide bonds. The molecule has 0 unspecified atom stereocenters. The number of carbonyl (C=O) groups is 4. The second-order valence-electron chi connectivity index (χ2n) is 25.7. The number of ether oxygens (including phenoxy) is 1. The van der Waals surface area contributed by atoms with Gasteiger partial charge in [0.1, 0.15) is 91.3 Å². The van der Waals surface area contributed by atoms with Gasteiger partial charge >= 0.3 is 46.0 Å². The maximum absolute atomic E-state index is 13.6. The number of phenolic OH excluding ortho intramolecular Hbond substituents is 2. The summed E-state index contributed by atoms with van der Waals surface area (Å²) >= 11 is 0. The molecule has 2 N–H and O–H groups in total. The van der Waals surface area contributed by atoms with E-state index in [1.807, 2.05) is 26.0 Å². The van der Waals surface area contributed by atoms with Gasteiger partial charge in [-0.25, -0.2) is 72.1 Å². The van der Waals surface area contributed by atoms with Gasteiger partial charge in [-0.2, -0.15) is 13.2 Å². The van der Waals surface area contributed by atoms with E-state index in [4.69, 9.17) is 30.7 Å². The Balaban J connectivity index is 0.00000150. The number of carboxylic acids is 2. The van der Waals surface area contributed by atoms with E-state index in [-0.39, 0.29) is 69.9 Å². The molecular formula is C80H66BF16O30PS8-10. The monoisotopic (exact) mass is 2110 g/mol. The number of aliphatic carboxylic acids is 1. The predicted molar refractivity (Wildman–Crippen MR) is 448 cm³/mol. The third-order valence-electron chi connectivity index (χ3n) is 14.8. The molecule has 0 saturated carbocycles. The van der Waals surface area contributed by atoms with Crippen molar-refractivity contribution in [2.24, 2.45) is 0 Å². The normalized spacial score (nSPS) is 11.6. The van der Waals surface area contributed by atoms with Crippen LogP contribution in [0.5, 0.6) is 17.2 Å². The van der Waals surface area contributed by atoms with Crippen LogP contribution in [0.4, 0.5) is 64.5 Å². The van der Waals surface area contributed by atoms with E-state index in [0.717, 1.165) is 48.1 Å². The number of aromatic carboxylic acids is 1. The molecule has 0 aliphatic rings. The molecule has 30 nitrogen and oxygen atoms in total. The van der Waals surface area contributed by atoms with Crippen LogP contribution < -0.4 is 19.7 Å². The van der Waals surface area contributed by atoms with Crippen LogP contribution in [0, 0.1) is 45.1 Å². The van der Waals surface area contributed by atoms with Gasteiger partial charge in [-0.1, -0.05) is 157 Å². The van der Waals surface area contributed by atoms with Crippen LogP contribution in [-0.4, -0.2) is 151 Å². The first kappa shape index (κ1) is 124. The van der Waals surface area contributed by atoms with Gasteiger partial charge in [-0.05, 0) is 157 Å². The number of rotatable bonds is 13. The average molecular weight is 2110 g/mol. The second kappa shape index (κ2) is 51.8. The predicted octanol–water partition coefficient (Wildman–Crippen LogP) is 11.2. The number of hydrogen-bond donors (Lipinski definition) is 2. The molecule has 0 fully saturated rings. The Kier molecular flexibility index (Phi) is 47.2. The Labute approximate surface area is 768 Å². The van der Waals surface area contributed by atoms with E-state index < -0.39 is 137 Å². The summed E-state index contributed by atoms with van der Waals surface area (Å²) in [5.74, 6) is -6.09. The Morgan fingerprint density at radius 3 is 1.04 bits per heavy atom. The largest absolute Gasteiger partial charge is 1.00 e. The topological polar surface area (TPSA) is 564 Å². The first-order valence-electron chi connectivity index (χ1n) is 35.3. The van der Waals surface area contributed by atoms with Crippen molar-refractivity contribution in [3.63, 3.8) is 0 Å². The standard InChI is InChI=1S/C18H12F3S.C14H12O6S.C10H8O4S.C10H8O3S.C9H12O3S.C7H8O3S.C7H6O2.C3H4O3.CHF3O3S.CH4O3S.BF3.F6P.FH/c19-13-4-1-7-16(10-13)22(17-8-2-5-14(20)11-17)18-9-3-6-15(21)12-18;1-20-12-8-11(15)10(7-13(12)21(17,18)19)14(16)9-5-3-2-4-6-9;11-9-3-1-8-6-10(15(12,13)14)4-2-7(8)5-9;11-14(12,13)10-6-5-8-3-1-2-4-9(8)7-10;1-6-4-7(2)9(8(3)5-6)13(10,11)12;1-6-2-4-7(5-3-6)11(8,9)10;8-7(9)6-4-2-1-3-5-6;1-2(4)3(5)6;2-1(3,4)8(5,6)7;1-5(2,3)4;2-1(3)4;1-7(2,3,4,5)6;/h1-12H;2-8,15H,1H3,(H,17,18,19);1-6,11H,(H,12,13,14);1-7H,(H,11,12,13);4-5H,1-3H3,(H,10,11,12);2-5H,1H3,(H,8,9,10);1-5H,(H,8,9);1H3,(H,5,6);(H,5,6,7);1H3,(H,2,3,4);;;1H/q+1;;;;;;;;;;;-1;/p-10. The van der Waals surface area contributed by atoms with Crippen molar-refractivity contribution >= 4 is 142 Å². The third-order valence-corrected chi connectivity index (χ3v) is 22.0. The Hall–Kier alpha value is -12.1. The number of benzene rings is 12. The zero-order valence-corrected chi connectivity index (χ0v) is 76.9. The average Bonchev–Trinajstić information content (AvgIpc) is 0.765. The molecule has 0 atom stereocenters. The molecule has 0 aliphatic heterocycles. The van der Waals surface area contributed by atoms with Crippen LogP contribution in [0.2, 0.25) is 0 Å². The number of carbonyl (C=O) groups excluding carboxylic acids is 4. The first-order chi connectivity index (χ1) is 61.2. The van der Waals surface area contributed by atoms with Gasteiger partial charge in [-0.3, -0.25) is 22.5 Å². The molecule has 744 valence electrons. The van der Waals surface area contributed by atoms with E-state index in [2.05, 4.69) is 0 Å². The number of aromatic hydroxyl groups is 2. The summed E-state index contributed by atoms with van der Waals surface area (Å²) in [6.45, 7) is 7.88. The maximum atomic E-state index is 13.6. The number of halogens is 16. The summed E-state index contributed by atoms with van der Waals surface area (Å²) < 4.78 is 381. The van der Waals surface area contributed by atoms with Crippen LogP contribution in [0.1, 0.15) is 55.5 Å². The molecule has 0 radical (unpaired) electrons. The molecule has 0 saturated heterocycles. The molecule has 136 heavy (non-hydrogen) atoms. The molecule has 0 heterocycles. The SMILES string of the molecule is CC(=O)C(=O)[O-].COc1cc(O)c(C(=O)c2ccccc2)cc1S(=O)(=O)[O-].CS(=O)(=O)[O-].Cc1cc(C)c(S(=O)(=O)[O-])c(C)c1.Cc1ccc(S(=O)(=O)[O-])cc1.FB(F)F.F[P-](F)(F)(F)(F)F.Fc1cccc([S+](c2cccc(F)c2)c2cccc(F)c2)c1.O=C([O-])c1ccccc1.O=S(=O)([O-])C(F)(F)F.O=S(=O)([O-])c1ccc2cc(O)ccc2c1.O=S(=O)([O-])c1ccc2ccccc2c1.[F-]. The van der Waals surface area contributed by atoms with Gasteiger partial charge in [0.15, 0.2) is 36.4 Å². The van der Waals surface area contributed by atoms with Crippen molar-refractivity contribution in [2.75, 3.05) is 13.4 Å². The van der Waals surface area contributed by atoms with E-state index in [9.17, 15) is 169 Å². The quantitative estimate of drug-likeness (QED) is 0.0158. The van der Waals surface area contributed by atoms with Crippen molar-refractivity contribution in [1.82, 2.24) is 0 Å². The van der Waals surface area contributed by atoms with Gasteiger partial charge in [-0.15, -0.1) is 0 Å². The summed E-state index contributed by atoms with van der Waals surface area (Å²) in [7, 11) is -46.1. The minimum Gasteiger partial charge on any atom is -1.00 e. The minimum atomic E-state index is -10.7. The summed E-state index contributed by atoms with van der Waals surface area (Å²) in [5, 5.41) is 41.3. The van der Waals surface area contributed by atoms with Crippen molar-refractivity contribution in [2.45, 2.75) is 79.3 Å². The van der Waals surface area contributed by atoms with Gasteiger partial charge in [0.2, 0.25) is 0 Å². The van der Waals surface area contributed by atoms with E-state index in [1.54, 1.807) is 135 Å². The molecule has 12 rings (SSSR count). The number of hydrogen-bond acceptors (Lipinski definition) is 30. The number of fused-ring (bicyclic) bond motifs is 2. The van der Waals surface area contributed by atoms with Gasteiger partial charge in [0.05, 0.1) is 64.1 Å². The van der Waals surface area contributed by atoms with Crippen molar-refractivity contribution in [3.05, 3.63) is 317 Å². The number of alkyl halides is 3. The fourth-order valence-electron chi connectivity index (χ4n) is 9.55. The minimum absolute atomic E-state index is 0. The van der Waals surface area contributed by atoms with Crippen LogP contribution in [0.25, 0.3) is 21.5 Å². The van der Waals surface area contributed by atoms with Crippen LogP contribution in [0.3, 0.4) is 0 Å². The van der Waals surface area contributed by atoms with Gasteiger partial charge in [0.25, 0.3) is 0 Å². The van der Waals surface area contributed by atoms with Crippen molar-refractivity contribution in [1.29, 1.82) is 0 Å². The van der Waals surface area contributed by atoms with Gasteiger partial charge < -0.3 is 71.3 Å². The van der Waals surface area contributed by atoms with Crippen molar-refractivity contribution < 1.29 is 204 Å². The van der Waals surface area contributed by atoms with E-state index >= 15 is 0 Å². The maximum Gasteiger partial charge on any atom is 0.485 e. The van der Waals surface area contributed by atoms with Crippen LogP contribution >= 0.6 is 7.81 Å². The summed E-state index contributed by atoms with van der Waals surface area (Å²) in [4.78, 5) is 41.7. The number of Topliss-reactive ketones (excluding diaryl/α,β-unsaturated/α-hetero) is 1. The number of aryl methyl sites for hydroxylation is 4. The number of methoxy groups -OCH3 is 1. The first-order valence-corrected chi connectivity index (χ1v) is 48.8. The third kappa shape index (κ3) is 51.0. The van der Waals surface area contributed by atoms with Gasteiger partial charge in [0, 0.05) is 43.0 Å². The Morgan fingerprint density at radius 2 is 0.728 bits per heavy atom. The summed E-state index contributed by atoms with van der Waals surface area (Å²) in [5.41, 5.74) is -2.52. The molecule has 0 aliphatic carbocycles. The fraction of sp³-hybridized carbons (Fsp3) is 0.100. The number of ketones is 2. The number of carboxylic acid groups (broad SMARTS) is 2. The Morgan fingerprint density at radius 1 is 0.412 bits per heavy atom. The smallest absolute Gasteiger partial charge is 0.485 e. The summed E-state index contributed by atoms with van der Waals surface area (Å²) in [6.07, 6.45) is 0.604. The van der Waals surface area contributed by atoms with Crippen LogP contribution in [-0.2, 0) is 91.3 Å². The Bertz CT molecular complexity index is 6820. The molecule has 0 aromatic heterocycles. The molecule has 12 aromatic rings. The van der Waals surface area contributed by atoms with Crippen LogP contribution in [0.15, 0.2) is 300 Å². The molecule has 12 aromatic carbocycles. The second-order valence-corrected chi connectivity index (χ2v) is 39.2. The molecular weight excluding hydrogens is 2040 g/mol. The van der Waals surface area contributed by atoms with E-state index in [0.29, 0.717) is 42.8 Å². The van der Waals surface area contributed by atoms with E-state index in [1.165, 1.54) is 115 Å². The molecule has 0 bridgehead atoms. The van der Waals surface area contributed by atoms with Crippen molar-refractivity contribution in [3.8, 4) is 17.2 Å². The molecule has 0 spiro atoms. The molecule has 56 heteroatoms. The zero-order valence-electron chi connectivity index (χ0n) is 69.5. The summed E-state index contributed by atoms with van der Waals surface area (Å²) in [6, 6.07) is 65.4.